The molecule has 0 saturated heterocycles. The van der Waals surface area contributed by atoms with Crippen molar-refractivity contribution in [2.75, 3.05) is 7.05 Å². The third-order valence-corrected chi connectivity index (χ3v) is 6.79. The summed E-state index contributed by atoms with van der Waals surface area (Å²) < 4.78 is 38.8. The Bertz CT molecular complexity index is 797. The van der Waals surface area contributed by atoms with Crippen molar-refractivity contribution in [3.8, 4) is 0 Å². The van der Waals surface area contributed by atoms with Gasteiger partial charge in [-0.2, -0.15) is 13.2 Å². The van der Waals surface area contributed by atoms with Gasteiger partial charge in [0, 0.05) is 23.7 Å². The summed E-state index contributed by atoms with van der Waals surface area (Å²) >= 11 is 0. The number of nitrogens with one attached hydrogen (secondary N) is 2. The molecule has 33 heavy (non-hydrogen) atoms. The van der Waals surface area contributed by atoms with Crippen molar-refractivity contribution in [1.82, 2.24) is 15.5 Å². The fourth-order valence-electron chi connectivity index (χ4n) is 4.50. The van der Waals surface area contributed by atoms with Gasteiger partial charge in [0.25, 0.3) is 5.91 Å². The molecule has 1 aliphatic rings. The Hall–Kier alpha value is -2.09. The molecule has 2 rings (SSSR count). The second-order valence-electron chi connectivity index (χ2n) is 9.52. The van der Waals surface area contributed by atoms with E-state index >= 15 is 0 Å². The largest absolute Gasteiger partial charge is 0.416 e. The fourth-order valence-corrected chi connectivity index (χ4v) is 4.50. The number of hydrogen-bond acceptors (Lipinski definition) is 3. The van der Waals surface area contributed by atoms with Gasteiger partial charge in [-0.3, -0.25) is 9.59 Å². The highest BCUT2D eigenvalue weighted by molar-refractivity contribution is 5.97. The van der Waals surface area contributed by atoms with Crippen LogP contribution in [0.1, 0.15) is 82.1 Å². The van der Waals surface area contributed by atoms with Gasteiger partial charge in [0.2, 0.25) is 5.91 Å². The smallest absolute Gasteiger partial charge is 0.351 e. The number of unbranched alkanes of at least 4 members (excludes halogenated alkanes) is 1. The van der Waals surface area contributed by atoms with Gasteiger partial charge in [0.1, 0.15) is 6.04 Å². The summed E-state index contributed by atoms with van der Waals surface area (Å²) in [4.78, 5) is 27.7. The van der Waals surface area contributed by atoms with Gasteiger partial charge in [0.15, 0.2) is 0 Å². The highest BCUT2D eigenvalue weighted by atomic mass is 19.4. The average molecular weight is 470 g/mol. The molecule has 1 aromatic carbocycles. The van der Waals surface area contributed by atoms with Crippen LogP contribution in [0.3, 0.4) is 0 Å². The standard InChI is InChI=1S/C25H38F3N3O2/c1-6-7-9-18-15-21(31(5)16(2)3)12-13-22(18)30-23(32)17(4)29-24(33)19-10-8-11-20(14-19)25(26,27)28/h8,10-11,14,16-18,21-22H,6-7,9,12-13,15H2,1-5H3,(H,29,33)(H,30,32)/t17?,18-,21-,22+/m1/s1. The SMILES string of the molecule is CCCC[C@@H]1C[C@H](N(C)C(C)C)CC[C@@H]1NC(=O)C(C)NC(=O)c1cccc(C(F)(F)F)c1. The van der Waals surface area contributed by atoms with E-state index in [9.17, 15) is 22.8 Å². The molecule has 1 saturated carbocycles. The van der Waals surface area contributed by atoms with E-state index in [1.165, 1.54) is 12.1 Å². The molecule has 0 spiro atoms. The van der Waals surface area contributed by atoms with Crippen LogP contribution in [0.15, 0.2) is 24.3 Å². The van der Waals surface area contributed by atoms with Crippen LogP contribution in [-0.2, 0) is 11.0 Å². The van der Waals surface area contributed by atoms with E-state index < -0.39 is 23.7 Å². The minimum Gasteiger partial charge on any atom is -0.351 e. The number of carbonyl (C=O) groups is 2. The summed E-state index contributed by atoms with van der Waals surface area (Å²) in [5, 5.41) is 5.64. The molecule has 0 aliphatic heterocycles. The van der Waals surface area contributed by atoms with Crippen LogP contribution in [-0.4, -0.2) is 47.9 Å². The topological polar surface area (TPSA) is 61.4 Å². The zero-order valence-corrected chi connectivity index (χ0v) is 20.3. The number of amides is 2. The van der Waals surface area contributed by atoms with E-state index in [0.717, 1.165) is 50.7 Å². The first-order chi connectivity index (χ1) is 15.4. The molecule has 4 atom stereocenters. The molecule has 1 aliphatic carbocycles. The molecule has 0 aromatic heterocycles. The Labute approximate surface area is 195 Å². The lowest BCUT2D eigenvalue weighted by Crippen LogP contribution is -2.53. The summed E-state index contributed by atoms with van der Waals surface area (Å²) in [7, 11) is 2.15. The van der Waals surface area contributed by atoms with Crippen LogP contribution in [0.4, 0.5) is 13.2 Å². The normalized spacial score (nSPS) is 22.3. The van der Waals surface area contributed by atoms with Crippen molar-refractivity contribution in [2.24, 2.45) is 5.92 Å². The van der Waals surface area contributed by atoms with Crippen molar-refractivity contribution in [2.45, 2.75) is 96.6 Å². The lowest BCUT2D eigenvalue weighted by Gasteiger charge is -2.42. The van der Waals surface area contributed by atoms with E-state index in [4.69, 9.17) is 0 Å². The Balaban J connectivity index is 2.00. The fraction of sp³-hybridized carbons (Fsp3) is 0.680. The minimum atomic E-state index is -4.53. The van der Waals surface area contributed by atoms with Gasteiger partial charge in [-0.25, -0.2) is 0 Å². The molecular weight excluding hydrogens is 431 g/mol. The predicted octanol–water partition coefficient (Wildman–Crippen LogP) is 5.01. The summed E-state index contributed by atoms with van der Waals surface area (Å²) in [5.74, 6) is -0.647. The van der Waals surface area contributed by atoms with Crippen molar-refractivity contribution in [3.63, 3.8) is 0 Å². The highest BCUT2D eigenvalue weighted by Gasteiger charge is 2.34. The van der Waals surface area contributed by atoms with Crippen LogP contribution in [0.25, 0.3) is 0 Å². The Morgan fingerprint density at radius 3 is 2.48 bits per heavy atom. The molecule has 8 heteroatoms. The van der Waals surface area contributed by atoms with Crippen molar-refractivity contribution >= 4 is 11.8 Å². The van der Waals surface area contributed by atoms with Crippen LogP contribution < -0.4 is 10.6 Å². The average Bonchev–Trinajstić information content (AvgIpc) is 2.77. The number of alkyl halides is 3. The molecule has 1 aromatic rings. The van der Waals surface area contributed by atoms with Crippen LogP contribution in [0.5, 0.6) is 0 Å². The molecule has 1 unspecified atom stereocenters. The summed E-state index contributed by atoms with van der Waals surface area (Å²) in [5.41, 5.74) is -1.02. The van der Waals surface area contributed by atoms with Gasteiger partial charge in [0.05, 0.1) is 5.56 Å². The zero-order chi connectivity index (χ0) is 24.8. The van der Waals surface area contributed by atoms with Crippen molar-refractivity contribution in [3.05, 3.63) is 35.4 Å². The maximum atomic E-state index is 12.9. The second-order valence-corrected chi connectivity index (χ2v) is 9.52. The predicted molar refractivity (Wildman–Crippen MR) is 124 cm³/mol. The second kappa shape index (κ2) is 11.9. The third-order valence-electron chi connectivity index (χ3n) is 6.79. The summed E-state index contributed by atoms with van der Waals surface area (Å²) in [6, 6.07) is 4.33. The number of nitrogens with zero attached hydrogens (tertiary/aromatic N) is 1. The Morgan fingerprint density at radius 2 is 1.88 bits per heavy atom. The van der Waals surface area contributed by atoms with Crippen molar-refractivity contribution < 1.29 is 22.8 Å². The quantitative estimate of drug-likeness (QED) is 0.535. The van der Waals surface area contributed by atoms with E-state index in [2.05, 4.69) is 43.4 Å². The highest BCUT2D eigenvalue weighted by Crippen LogP contribution is 2.32. The molecule has 0 bridgehead atoms. The molecule has 2 amide bonds. The molecule has 0 heterocycles. The Kier molecular flexibility index (Phi) is 9.76. The van der Waals surface area contributed by atoms with Crippen LogP contribution in [0.2, 0.25) is 0 Å². The third kappa shape index (κ3) is 7.73. The monoisotopic (exact) mass is 469 g/mol. The molecule has 0 radical (unpaired) electrons. The minimum absolute atomic E-state index is 0.0359. The molecule has 1 fully saturated rings. The first kappa shape index (κ1) is 27.2. The maximum Gasteiger partial charge on any atom is 0.416 e. The number of hydrogen-bond donors (Lipinski definition) is 2. The molecule has 2 N–H and O–H groups in total. The van der Waals surface area contributed by atoms with Crippen LogP contribution >= 0.6 is 0 Å². The van der Waals surface area contributed by atoms with Gasteiger partial charge < -0.3 is 15.5 Å². The van der Waals surface area contributed by atoms with Gasteiger partial charge >= 0.3 is 6.18 Å². The number of carbonyl (C=O) groups excluding carboxylic acids is 2. The number of halogens is 3. The van der Waals surface area contributed by atoms with E-state index in [1.807, 2.05) is 0 Å². The lowest BCUT2D eigenvalue weighted by atomic mass is 9.78. The first-order valence-corrected chi connectivity index (χ1v) is 11.9. The van der Waals surface area contributed by atoms with Gasteiger partial charge in [-0.15, -0.1) is 0 Å². The molecule has 5 nitrogen and oxygen atoms in total. The number of benzene rings is 1. The molecule has 186 valence electrons. The van der Waals surface area contributed by atoms with E-state index in [0.29, 0.717) is 18.0 Å². The van der Waals surface area contributed by atoms with Crippen molar-refractivity contribution in [1.29, 1.82) is 0 Å². The first-order valence-electron chi connectivity index (χ1n) is 11.9. The zero-order valence-electron chi connectivity index (χ0n) is 20.3. The lowest BCUT2D eigenvalue weighted by molar-refractivity contribution is -0.137. The van der Waals surface area contributed by atoms with Gasteiger partial charge in [-0.05, 0) is 77.6 Å². The Morgan fingerprint density at radius 1 is 1.18 bits per heavy atom. The van der Waals surface area contributed by atoms with Gasteiger partial charge in [-0.1, -0.05) is 25.8 Å². The van der Waals surface area contributed by atoms with Crippen LogP contribution in [0, 0.1) is 5.92 Å². The maximum absolute atomic E-state index is 12.9. The summed E-state index contributed by atoms with van der Waals surface area (Å²) in [6.07, 6.45) is 1.57. The van der Waals surface area contributed by atoms with E-state index in [1.54, 1.807) is 6.92 Å². The van der Waals surface area contributed by atoms with E-state index in [-0.39, 0.29) is 17.5 Å². The number of rotatable bonds is 9. The summed E-state index contributed by atoms with van der Waals surface area (Å²) in [6.45, 7) is 8.08. The molecular formula is C25H38F3N3O2.